The van der Waals surface area contributed by atoms with Gasteiger partial charge in [0.15, 0.2) is 0 Å². The number of hydrogen-bond acceptors (Lipinski definition) is 4. The maximum Gasteiger partial charge on any atom is 0.251 e. The fraction of sp³-hybridized carbons (Fsp3) is 0.400. The Hall–Kier alpha value is -2.76. The first-order chi connectivity index (χ1) is 12.6. The van der Waals surface area contributed by atoms with Gasteiger partial charge in [-0.2, -0.15) is 0 Å². The van der Waals surface area contributed by atoms with Crippen LogP contribution in [0.1, 0.15) is 35.4 Å². The first-order valence-electron chi connectivity index (χ1n) is 9.14. The van der Waals surface area contributed by atoms with Crippen molar-refractivity contribution in [3.05, 3.63) is 47.9 Å². The third-order valence-electron chi connectivity index (χ3n) is 5.26. The first kappa shape index (κ1) is 16.7. The number of piperidine rings is 1. The Morgan fingerprint density at radius 1 is 1.27 bits per heavy atom. The number of amides is 2. The molecule has 6 heteroatoms. The normalized spacial score (nSPS) is 19.1. The van der Waals surface area contributed by atoms with E-state index >= 15 is 0 Å². The summed E-state index contributed by atoms with van der Waals surface area (Å²) < 4.78 is 5.27. The molecule has 2 aliphatic heterocycles. The molecule has 2 aromatic rings. The summed E-state index contributed by atoms with van der Waals surface area (Å²) >= 11 is 0. The minimum absolute atomic E-state index is 0.0609. The molecule has 1 N–H and O–H groups in total. The number of hydrogen-bond donors (Lipinski definition) is 1. The standard InChI is InChI=1S/C20H23N3O3/c1-22-18-13-14(19(24)21-10-9-15-5-4-12-26-15)7-8-16(18)23-11-3-2-6-17(23)20(22)25/h4-5,7-8,12-13,17H,2-3,6,9-11H2,1H3,(H,21,24). The summed E-state index contributed by atoms with van der Waals surface area (Å²) in [7, 11) is 1.80. The summed E-state index contributed by atoms with van der Waals surface area (Å²) in [6, 6.07) is 9.30. The van der Waals surface area contributed by atoms with E-state index in [0.29, 0.717) is 18.5 Å². The second kappa shape index (κ2) is 6.86. The summed E-state index contributed by atoms with van der Waals surface area (Å²) in [6.07, 6.45) is 5.37. The smallest absolute Gasteiger partial charge is 0.251 e. The van der Waals surface area contributed by atoms with Crippen LogP contribution >= 0.6 is 0 Å². The van der Waals surface area contributed by atoms with E-state index in [0.717, 1.165) is 42.9 Å². The van der Waals surface area contributed by atoms with E-state index in [1.807, 2.05) is 30.3 Å². The Balaban J connectivity index is 1.51. The highest BCUT2D eigenvalue weighted by atomic mass is 16.3. The lowest BCUT2D eigenvalue weighted by Crippen LogP contribution is -2.54. The van der Waals surface area contributed by atoms with E-state index in [1.165, 1.54) is 0 Å². The topological polar surface area (TPSA) is 65.8 Å². The zero-order valence-corrected chi connectivity index (χ0v) is 14.9. The molecular formula is C20H23N3O3. The van der Waals surface area contributed by atoms with Gasteiger partial charge in [-0.1, -0.05) is 0 Å². The maximum absolute atomic E-state index is 12.7. The van der Waals surface area contributed by atoms with Crippen molar-refractivity contribution in [1.29, 1.82) is 0 Å². The van der Waals surface area contributed by atoms with Crippen LogP contribution < -0.4 is 15.1 Å². The number of nitrogens with one attached hydrogen (secondary N) is 1. The van der Waals surface area contributed by atoms with Crippen molar-refractivity contribution in [2.45, 2.75) is 31.7 Å². The molecule has 0 spiro atoms. The van der Waals surface area contributed by atoms with Gasteiger partial charge in [-0.25, -0.2) is 0 Å². The summed E-state index contributed by atoms with van der Waals surface area (Å²) in [5.74, 6) is 0.825. The SMILES string of the molecule is CN1C(=O)C2CCCCN2c2ccc(C(=O)NCCc3ccco3)cc21. The van der Waals surface area contributed by atoms with Gasteiger partial charge in [0.05, 0.1) is 17.6 Å². The molecule has 1 saturated heterocycles. The highest BCUT2D eigenvalue weighted by molar-refractivity contribution is 6.07. The van der Waals surface area contributed by atoms with Crippen molar-refractivity contribution < 1.29 is 14.0 Å². The average Bonchev–Trinajstić information content (AvgIpc) is 3.19. The molecule has 2 aliphatic rings. The molecule has 0 saturated carbocycles. The molecule has 1 aromatic carbocycles. The van der Waals surface area contributed by atoms with Gasteiger partial charge in [0.2, 0.25) is 5.91 Å². The van der Waals surface area contributed by atoms with E-state index in [9.17, 15) is 9.59 Å². The van der Waals surface area contributed by atoms with Gasteiger partial charge < -0.3 is 19.5 Å². The summed E-state index contributed by atoms with van der Waals surface area (Å²) in [6.45, 7) is 1.40. The molecule has 1 atom stereocenters. The zero-order chi connectivity index (χ0) is 18.1. The predicted molar refractivity (Wildman–Crippen MR) is 99.6 cm³/mol. The minimum atomic E-state index is -0.138. The fourth-order valence-corrected chi connectivity index (χ4v) is 3.85. The molecule has 136 valence electrons. The Labute approximate surface area is 152 Å². The van der Waals surface area contributed by atoms with Gasteiger partial charge in [0, 0.05) is 32.1 Å². The van der Waals surface area contributed by atoms with Gasteiger partial charge in [-0.05, 0) is 49.6 Å². The van der Waals surface area contributed by atoms with Crippen LogP contribution in [-0.2, 0) is 11.2 Å². The highest BCUT2D eigenvalue weighted by Gasteiger charge is 2.37. The summed E-state index contributed by atoms with van der Waals surface area (Å²) in [4.78, 5) is 29.0. The molecule has 0 radical (unpaired) electrons. The molecule has 1 unspecified atom stereocenters. The van der Waals surface area contributed by atoms with Crippen LogP contribution in [0.2, 0.25) is 0 Å². The number of rotatable bonds is 4. The molecular weight excluding hydrogens is 330 g/mol. The van der Waals surface area contributed by atoms with E-state index in [4.69, 9.17) is 4.42 Å². The number of nitrogens with zero attached hydrogens (tertiary/aromatic N) is 2. The molecule has 3 heterocycles. The van der Waals surface area contributed by atoms with Crippen molar-refractivity contribution >= 4 is 23.2 Å². The van der Waals surface area contributed by atoms with E-state index in [-0.39, 0.29) is 17.9 Å². The van der Waals surface area contributed by atoms with E-state index in [2.05, 4.69) is 10.2 Å². The quantitative estimate of drug-likeness (QED) is 0.918. The maximum atomic E-state index is 12.7. The Kier molecular flexibility index (Phi) is 4.41. The highest BCUT2D eigenvalue weighted by Crippen LogP contribution is 2.39. The second-order valence-corrected chi connectivity index (χ2v) is 6.89. The van der Waals surface area contributed by atoms with Crippen molar-refractivity contribution in [3.63, 3.8) is 0 Å². The van der Waals surface area contributed by atoms with Crippen molar-refractivity contribution in [2.75, 3.05) is 29.9 Å². The average molecular weight is 353 g/mol. The zero-order valence-electron chi connectivity index (χ0n) is 14.9. The van der Waals surface area contributed by atoms with Gasteiger partial charge in [0.1, 0.15) is 11.8 Å². The number of carbonyl (C=O) groups excluding carboxylic acids is 2. The third-order valence-corrected chi connectivity index (χ3v) is 5.26. The van der Waals surface area contributed by atoms with Crippen molar-refractivity contribution in [1.82, 2.24) is 5.32 Å². The lowest BCUT2D eigenvalue weighted by Gasteiger charge is -2.44. The second-order valence-electron chi connectivity index (χ2n) is 6.89. The minimum Gasteiger partial charge on any atom is -0.469 e. The lowest BCUT2D eigenvalue weighted by atomic mass is 9.96. The number of anilines is 2. The molecule has 6 nitrogen and oxygen atoms in total. The molecule has 4 rings (SSSR count). The van der Waals surface area contributed by atoms with Crippen LogP contribution in [0.3, 0.4) is 0 Å². The monoisotopic (exact) mass is 353 g/mol. The number of furan rings is 1. The molecule has 2 amide bonds. The van der Waals surface area contributed by atoms with Gasteiger partial charge in [-0.15, -0.1) is 0 Å². The third kappa shape index (κ3) is 2.96. The largest absolute Gasteiger partial charge is 0.469 e. The molecule has 0 aliphatic carbocycles. The Bertz CT molecular complexity index is 816. The molecule has 1 aromatic heterocycles. The number of carbonyl (C=O) groups is 2. The van der Waals surface area contributed by atoms with Gasteiger partial charge in [-0.3, -0.25) is 9.59 Å². The van der Waals surface area contributed by atoms with E-state index < -0.39 is 0 Å². The van der Waals surface area contributed by atoms with E-state index in [1.54, 1.807) is 18.2 Å². The van der Waals surface area contributed by atoms with Gasteiger partial charge in [0.25, 0.3) is 5.91 Å². The molecule has 26 heavy (non-hydrogen) atoms. The summed E-state index contributed by atoms with van der Waals surface area (Å²) in [5.41, 5.74) is 2.43. The van der Waals surface area contributed by atoms with Crippen molar-refractivity contribution in [3.8, 4) is 0 Å². The van der Waals surface area contributed by atoms with Crippen LogP contribution in [0.15, 0.2) is 41.0 Å². The Morgan fingerprint density at radius 2 is 2.15 bits per heavy atom. The number of benzene rings is 1. The van der Waals surface area contributed by atoms with Crippen LogP contribution in [0.5, 0.6) is 0 Å². The molecule has 0 bridgehead atoms. The van der Waals surface area contributed by atoms with Crippen LogP contribution in [0.25, 0.3) is 0 Å². The van der Waals surface area contributed by atoms with Crippen LogP contribution in [-0.4, -0.2) is 38.0 Å². The van der Waals surface area contributed by atoms with Crippen LogP contribution in [0, 0.1) is 0 Å². The van der Waals surface area contributed by atoms with Crippen LogP contribution in [0.4, 0.5) is 11.4 Å². The van der Waals surface area contributed by atoms with Gasteiger partial charge >= 0.3 is 0 Å². The predicted octanol–water partition coefficient (Wildman–Crippen LogP) is 2.59. The Morgan fingerprint density at radius 3 is 2.96 bits per heavy atom. The lowest BCUT2D eigenvalue weighted by molar-refractivity contribution is -0.120. The van der Waals surface area contributed by atoms with Crippen molar-refractivity contribution in [2.24, 2.45) is 0 Å². The first-order valence-corrected chi connectivity index (χ1v) is 9.14. The number of likely N-dealkylation sites (N-methyl/N-ethyl adjacent to an activating group) is 1. The number of fused-ring (bicyclic) bond motifs is 3. The molecule has 1 fully saturated rings. The fourth-order valence-electron chi connectivity index (χ4n) is 3.85. The summed E-state index contributed by atoms with van der Waals surface area (Å²) in [5, 5.41) is 2.91.